The first-order chi connectivity index (χ1) is 12.9. The summed E-state index contributed by atoms with van der Waals surface area (Å²) in [4.78, 5) is 41.3. The molecule has 1 heterocycles. The Hall–Kier alpha value is -2.81. The standard InChI is InChI=1S/C18H20FN3O4S/c1-3-20-15(23)9-22(4-2)16(24)10-26-18(25)14-11-27-17(21-14)12-5-7-13(19)8-6-12/h5-8,11H,3-4,9-10H2,1-2H3,(H,20,23). The Labute approximate surface area is 160 Å². The number of aromatic nitrogens is 1. The fraction of sp³-hybridized carbons (Fsp3) is 0.333. The molecule has 0 aliphatic heterocycles. The molecule has 0 spiro atoms. The van der Waals surface area contributed by atoms with Crippen molar-refractivity contribution < 1.29 is 23.5 Å². The SMILES string of the molecule is CCNC(=O)CN(CC)C(=O)COC(=O)c1csc(-c2ccc(F)cc2)n1. The quantitative estimate of drug-likeness (QED) is 0.694. The van der Waals surface area contributed by atoms with Crippen LogP contribution >= 0.6 is 11.3 Å². The van der Waals surface area contributed by atoms with Crippen LogP contribution in [0.1, 0.15) is 24.3 Å². The van der Waals surface area contributed by atoms with Gasteiger partial charge in [0.25, 0.3) is 5.91 Å². The molecule has 0 saturated carbocycles. The minimum absolute atomic E-state index is 0.0684. The summed E-state index contributed by atoms with van der Waals surface area (Å²) in [6, 6.07) is 5.74. The van der Waals surface area contributed by atoms with Crippen LogP contribution in [0.15, 0.2) is 29.6 Å². The van der Waals surface area contributed by atoms with Gasteiger partial charge in [0.1, 0.15) is 10.8 Å². The highest BCUT2D eigenvalue weighted by Crippen LogP contribution is 2.24. The van der Waals surface area contributed by atoms with E-state index >= 15 is 0 Å². The van der Waals surface area contributed by atoms with Crippen molar-refractivity contribution in [3.05, 3.63) is 41.2 Å². The number of nitrogens with one attached hydrogen (secondary N) is 1. The second-order valence-electron chi connectivity index (χ2n) is 5.48. The summed E-state index contributed by atoms with van der Waals surface area (Å²) in [5.74, 6) is -1.84. The number of likely N-dealkylation sites (N-methyl/N-ethyl adjacent to an activating group) is 2. The first-order valence-corrected chi connectivity index (χ1v) is 9.25. The number of hydrogen-bond donors (Lipinski definition) is 1. The van der Waals surface area contributed by atoms with Gasteiger partial charge in [-0.15, -0.1) is 11.3 Å². The number of amides is 2. The average Bonchev–Trinajstić information content (AvgIpc) is 3.15. The molecule has 9 heteroatoms. The predicted molar refractivity (Wildman–Crippen MR) is 98.7 cm³/mol. The Morgan fingerprint density at radius 3 is 2.56 bits per heavy atom. The van der Waals surface area contributed by atoms with Gasteiger partial charge in [-0.3, -0.25) is 9.59 Å². The van der Waals surface area contributed by atoms with Gasteiger partial charge >= 0.3 is 5.97 Å². The van der Waals surface area contributed by atoms with Crippen molar-refractivity contribution >= 4 is 29.1 Å². The van der Waals surface area contributed by atoms with Crippen molar-refractivity contribution in [1.82, 2.24) is 15.2 Å². The van der Waals surface area contributed by atoms with Gasteiger partial charge < -0.3 is 15.0 Å². The topological polar surface area (TPSA) is 88.6 Å². The molecule has 0 radical (unpaired) electrons. The molecular weight excluding hydrogens is 373 g/mol. The van der Waals surface area contributed by atoms with Crippen LogP contribution in [0.2, 0.25) is 0 Å². The maximum Gasteiger partial charge on any atom is 0.358 e. The van der Waals surface area contributed by atoms with Crippen LogP contribution in [0.5, 0.6) is 0 Å². The molecule has 0 saturated heterocycles. The van der Waals surface area contributed by atoms with E-state index in [-0.39, 0.29) is 24.0 Å². The first-order valence-electron chi connectivity index (χ1n) is 8.37. The maximum absolute atomic E-state index is 13.0. The van der Waals surface area contributed by atoms with Gasteiger partial charge in [0.05, 0.1) is 6.54 Å². The number of carbonyl (C=O) groups excluding carboxylic acids is 3. The largest absolute Gasteiger partial charge is 0.451 e. The maximum atomic E-state index is 13.0. The molecule has 1 N–H and O–H groups in total. The molecule has 27 heavy (non-hydrogen) atoms. The van der Waals surface area contributed by atoms with Gasteiger partial charge in [0, 0.05) is 24.0 Å². The number of rotatable bonds is 8. The highest BCUT2D eigenvalue weighted by molar-refractivity contribution is 7.13. The predicted octanol–water partition coefficient (Wildman–Crippen LogP) is 2.09. The Morgan fingerprint density at radius 1 is 1.22 bits per heavy atom. The van der Waals surface area contributed by atoms with Crippen molar-refractivity contribution in [3.63, 3.8) is 0 Å². The number of benzene rings is 1. The van der Waals surface area contributed by atoms with Crippen LogP contribution in [0.25, 0.3) is 10.6 Å². The smallest absolute Gasteiger partial charge is 0.358 e. The van der Waals surface area contributed by atoms with E-state index in [0.29, 0.717) is 23.7 Å². The van der Waals surface area contributed by atoms with Crippen molar-refractivity contribution in [2.75, 3.05) is 26.2 Å². The summed E-state index contributed by atoms with van der Waals surface area (Å²) >= 11 is 1.21. The zero-order valence-electron chi connectivity index (χ0n) is 15.0. The Kier molecular flexibility index (Phi) is 7.42. The van der Waals surface area contributed by atoms with E-state index in [1.54, 1.807) is 26.0 Å². The monoisotopic (exact) mass is 393 g/mol. The highest BCUT2D eigenvalue weighted by atomic mass is 32.1. The zero-order chi connectivity index (χ0) is 19.8. The van der Waals surface area contributed by atoms with Crippen molar-refractivity contribution in [1.29, 1.82) is 0 Å². The van der Waals surface area contributed by atoms with E-state index in [2.05, 4.69) is 10.3 Å². The third-order valence-corrected chi connectivity index (χ3v) is 4.47. The molecule has 2 amide bonds. The van der Waals surface area contributed by atoms with Crippen molar-refractivity contribution in [3.8, 4) is 10.6 Å². The van der Waals surface area contributed by atoms with E-state index in [9.17, 15) is 18.8 Å². The van der Waals surface area contributed by atoms with Gasteiger partial charge in [-0.2, -0.15) is 0 Å². The van der Waals surface area contributed by atoms with Gasteiger partial charge in [-0.05, 0) is 38.1 Å². The molecule has 7 nitrogen and oxygen atoms in total. The molecule has 0 unspecified atom stereocenters. The van der Waals surface area contributed by atoms with Gasteiger partial charge in [0.15, 0.2) is 12.3 Å². The lowest BCUT2D eigenvalue weighted by molar-refractivity contribution is -0.138. The van der Waals surface area contributed by atoms with E-state index in [1.807, 2.05) is 0 Å². The van der Waals surface area contributed by atoms with Crippen LogP contribution in [0.4, 0.5) is 4.39 Å². The van der Waals surface area contributed by atoms with Gasteiger partial charge in [-0.25, -0.2) is 14.2 Å². The second kappa shape index (κ2) is 9.77. The molecule has 0 aliphatic rings. The number of esters is 1. The molecule has 144 valence electrons. The molecule has 0 bridgehead atoms. The van der Waals surface area contributed by atoms with Crippen LogP contribution in [-0.4, -0.2) is 53.9 Å². The molecule has 0 atom stereocenters. The third-order valence-electron chi connectivity index (χ3n) is 3.57. The number of halogens is 1. The minimum Gasteiger partial charge on any atom is -0.451 e. The molecule has 1 aromatic heterocycles. The minimum atomic E-state index is -0.734. The first kappa shape index (κ1) is 20.5. The number of thiazole rings is 1. The third kappa shape index (κ3) is 5.85. The van der Waals surface area contributed by atoms with Crippen molar-refractivity contribution in [2.24, 2.45) is 0 Å². The normalized spacial score (nSPS) is 10.3. The zero-order valence-corrected chi connectivity index (χ0v) is 15.8. The summed E-state index contributed by atoms with van der Waals surface area (Å²) in [5, 5.41) is 4.66. The fourth-order valence-corrected chi connectivity index (χ4v) is 2.98. The highest BCUT2D eigenvalue weighted by Gasteiger charge is 2.19. The number of nitrogens with zero attached hydrogens (tertiary/aromatic N) is 2. The van der Waals surface area contributed by atoms with Crippen LogP contribution in [0, 0.1) is 5.82 Å². The van der Waals surface area contributed by atoms with Crippen LogP contribution < -0.4 is 5.32 Å². The van der Waals surface area contributed by atoms with Gasteiger partial charge in [0.2, 0.25) is 5.91 Å². The summed E-state index contributed by atoms with van der Waals surface area (Å²) in [6.45, 7) is 3.74. The lowest BCUT2D eigenvalue weighted by Gasteiger charge is -2.19. The Balaban J connectivity index is 1.92. The Morgan fingerprint density at radius 2 is 1.93 bits per heavy atom. The molecule has 2 aromatic rings. The molecular formula is C18H20FN3O4S. The molecule has 0 fully saturated rings. The van der Waals surface area contributed by atoms with E-state index in [1.165, 1.54) is 33.7 Å². The molecule has 1 aromatic carbocycles. The number of carbonyl (C=O) groups is 3. The fourth-order valence-electron chi connectivity index (χ4n) is 2.19. The lowest BCUT2D eigenvalue weighted by atomic mass is 10.2. The summed E-state index contributed by atoms with van der Waals surface area (Å²) in [5.41, 5.74) is 0.745. The van der Waals surface area contributed by atoms with Crippen LogP contribution in [0.3, 0.4) is 0 Å². The van der Waals surface area contributed by atoms with Gasteiger partial charge in [-0.1, -0.05) is 0 Å². The van der Waals surface area contributed by atoms with E-state index in [0.717, 1.165) is 0 Å². The summed E-state index contributed by atoms with van der Waals surface area (Å²) < 4.78 is 18.0. The molecule has 2 rings (SSSR count). The second-order valence-corrected chi connectivity index (χ2v) is 6.34. The van der Waals surface area contributed by atoms with Crippen molar-refractivity contribution in [2.45, 2.75) is 13.8 Å². The van der Waals surface area contributed by atoms with E-state index < -0.39 is 18.5 Å². The van der Waals surface area contributed by atoms with Crippen LogP contribution in [-0.2, 0) is 14.3 Å². The summed E-state index contributed by atoms with van der Waals surface area (Å²) in [7, 11) is 0. The molecule has 0 aliphatic carbocycles. The number of hydrogen-bond acceptors (Lipinski definition) is 6. The Bertz CT molecular complexity index is 807. The number of ether oxygens (including phenoxy) is 1. The summed E-state index contributed by atoms with van der Waals surface area (Å²) in [6.07, 6.45) is 0. The van der Waals surface area contributed by atoms with E-state index in [4.69, 9.17) is 4.74 Å². The average molecular weight is 393 g/mol. The lowest BCUT2D eigenvalue weighted by Crippen LogP contribution is -2.42.